The van der Waals surface area contributed by atoms with Crippen LogP contribution in [-0.4, -0.2) is 33.2 Å². The number of benzene rings is 2. The largest absolute Gasteiger partial charge is 0.495 e. The number of halogens is 2. The van der Waals surface area contributed by atoms with Gasteiger partial charge in [0.2, 0.25) is 0 Å². The molecule has 0 aliphatic rings. The van der Waals surface area contributed by atoms with Crippen molar-refractivity contribution >= 4 is 23.2 Å². The van der Waals surface area contributed by atoms with Gasteiger partial charge in [0.15, 0.2) is 0 Å². The summed E-state index contributed by atoms with van der Waals surface area (Å²) in [5.41, 5.74) is 0.944. The van der Waals surface area contributed by atoms with Crippen LogP contribution in [0.2, 0.25) is 5.02 Å². The normalized spacial score (nSPS) is 10.5. The predicted octanol–water partition coefficient (Wildman–Crippen LogP) is 2.72. The minimum atomic E-state index is -0.551. The van der Waals surface area contributed by atoms with Crippen molar-refractivity contribution in [3.05, 3.63) is 59.1 Å². The Bertz CT molecular complexity index is 882. The summed E-state index contributed by atoms with van der Waals surface area (Å²) in [6.07, 6.45) is 0. The number of tetrazole rings is 1. The molecule has 1 N–H and O–H groups in total. The SMILES string of the molecule is COc1ccc(NC(=O)c2nnn(-c3ccc(F)cc3)n2)cc1Cl. The van der Waals surface area contributed by atoms with E-state index in [2.05, 4.69) is 20.7 Å². The monoisotopic (exact) mass is 347 g/mol. The van der Waals surface area contributed by atoms with Crippen molar-refractivity contribution < 1.29 is 13.9 Å². The first-order valence-electron chi connectivity index (χ1n) is 6.77. The van der Waals surface area contributed by atoms with Gasteiger partial charge in [-0.25, -0.2) is 4.39 Å². The van der Waals surface area contributed by atoms with Crippen LogP contribution in [0.15, 0.2) is 42.5 Å². The molecule has 0 saturated heterocycles. The molecule has 1 heterocycles. The molecular weight excluding hydrogens is 337 g/mol. The van der Waals surface area contributed by atoms with Crippen LogP contribution < -0.4 is 10.1 Å². The average molecular weight is 348 g/mol. The lowest BCUT2D eigenvalue weighted by Crippen LogP contribution is -2.14. The van der Waals surface area contributed by atoms with E-state index in [0.29, 0.717) is 22.1 Å². The number of carbonyl (C=O) groups excluding carboxylic acids is 1. The van der Waals surface area contributed by atoms with Gasteiger partial charge in [-0.1, -0.05) is 11.6 Å². The fraction of sp³-hybridized carbons (Fsp3) is 0.0667. The van der Waals surface area contributed by atoms with Gasteiger partial charge in [0.05, 0.1) is 17.8 Å². The molecule has 9 heteroatoms. The molecule has 0 aliphatic carbocycles. The fourth-order valence-electron chi connectivity index (χ4n) is 1.92. The quantitative estimate of drug-likeness (QED) is 0.784. The maximum atomic E-state index is 12.9. The van der Waals surface area contributed by atoms with E-state index in [4.69, 9.17) is 16.3 Å². The number of methoxy groups -OCH3 is 1. The summed E-state index contributed by atoms with van der Waals surface area (Å²) in [7, 11) is 1.50. The minimum absolute atomic E-state index is 0.133. The van der Waals surface area contributed by atoms with E-state index in [9.17, 15) is 9.18 Å². The van der Waals surface area contributed by atoms with E-state index in [0.717, 1.165) is 4.80 Å². The molecule has 1 amide bonds. The third-order valence-corrected chi connectivity index (χ3v) is 3.38. The first kappa shape index (κ1) is 15.9. The molecule has 0 bridgehead atoms. The molecule has 0 fully saturated rings. The Morgan fingerprint density at radius 3 is 2.67 bits per heavy atom. The maximum Gasteiger partial charge on any atom is 0.297 e. The van der Waals surface area contributed by atoms with Crippen LogP contribution in [0.25, 0.3) is 5.69 Å². The van der Waals surface area contributed by atoms with E-state index in [1.165, 1.54) is 31.4 Å². The highest BCUT2D eigenvalue weighted by Gasteiger charge is 2.14. The van der Waals surface area contributed by atoms with Gasteiger partial charge in [-0.2, -0.15) is 0 Å². The highest BCUT2D eigenvalue weighted by atomic mass is 35.5. The second-order valence-corrected chi connectivity index (χ2v) is 5.09. The molecule has 3 aromatic rings. The van der Waals surface area contributed by atoms with Gasteiger partial charge in [-0.15, -0.1) is 15.0 Å². The molecule has 7 nitrogen and oxygen atoms in total. The van der Waals surface area contributed by atoms with E-state index in [1.807, 2.05) is 0 Å². The van der Waals surface area contributed by atoms with Crippen LogP contribution in [0.5, 0.6) is 5.75 Å². The molecule has 0 saturated carbocycles. The second kappa shape index (κ2) is 6.63. The summed E-state index contributed by atoms with van der Waals surface area (Å²) in [4.78, 5) is 13.3. The Morgan fingerprint density at radius 2 is 2.00 bits per heavy atom. The summed E-state index contributed by atoms with van der Waals surface area (Å²) in [5, 5.41) is 14.4. The lowest BCUT2D eigenvalue weighted by atomic mass is 10.3. The van der Waals surface area contributed by atoms with Gasteiger partial charge >= 0.3 is 0 Å². The molecule has 1 aromatic heterocycles. The maximum absolute atomic E-state index is 12.9. The van der Waals surface area contributed by atoms with Crippen molar-refractivity contribution in [2.45, 2.75) is 0 Å². The smallest absolute Gasteiger partial charge is 0.297 e. The van der Waals surface area contributed by atoms with Gasteiger partial charge < -0.3 is 10.1 Å². The number of rotatable bonds is 4. The molecule has 3 rings (SSSR count). The van der Waals surface area contributed by atoms with Crippen LogP contribution >= 0.6 is 11.6 Å². The van der Waals surface area contributed by atoms with E-state index < -0.39 is 5.91 Å². The third-order valence-electron chi connectivity index (χ3n) is 3.08. The van der Waals surface area contributed by atoms with Crippen molar-refractivity contribution in [2.24, 2.45) is 0 Å². The molecule has 0 spiro atoms. The van der Waals surface area contributed by atoms with Crippen LogP contribution in [0.3, 0.4) is 0 Å². The number of aromatic nitrogens is 4. The van der Waals surface area contributed by atoms with Gasteiger partial charge in [0.1, 0.15) is 11.6 Å². The summed E-state index contributed by atoms with van der Waals surface area (Å²) >= 11 is 6.00. The van der Waals surface area contributed by atoms with Gasteiger partial charge in [0, 0.05) is 5.69 Å². The fourth-order valence-corrected chi connectivity index (χ4v) is 2.18. The summed E-state index contributed by atoms with van der Waals surface area (Å²) in [6, 6.07) is 10.3. The van der Waals surface area contributed by atoms with Crippen LogP contribution in [-0.2, 0) is 0 Å². The molecule has 24 heavy (non-hydrogen) atoms. The molecule has 0 radical (unpaired) electrons. The van der Waals surface area contributed by atoms with Gasteiger partial charge in [-0.3, -0.25) is 4.79 Å². The van der Waals surface area contributed by atoms with Gasteiger partial charge in [0.25, 0.3) is 11.7 Å². The molecule has 122 valence electrons. The summed E-state index contributed by atoms with van der Waals surface area (Å²) in [5.74, 6) is -0.570. The van der Waals surface area contributed by atoms with Crippen molar-refractivity contribution in [1.29, 1.82) is 0 Å². The Labute approximate surface area is 141 Å². The molecule has 2 aromatic carbocycles. The Kier molecular flexibility index (Phi) is 4.39. The predicted molar refractivity (Wildman–Crippen MR) is 85.1 cm³/mol. The minimum Gasteiger partial charge on any atom is -0.495 e. The average Bonchev–Trinajstić information content (AvgIpc) is 3.06. The number of carbonyl (C=O) groups is 1. The lowest BCUT2D eigenvalue weighted by Gasteiger charge is -2.06. The van der Waals surface area contributed by atoms with Crippen molar-refractivity contribution in [3.8, 4) is 11.4 Å². The van der Waals surface area contributed by atoms with Crippen LogP contribution in [0.4, 0.5) is 10.1 Å². The van der Waals surface area contributed by atoms with Crippen molar-refractivity contribution in [3.63, 3.8) is 0 Å². The lowest BCUT2D eigenvalue weighted by molar-refractivity contribution is 0.101. The zero-order chi connectivity index (χ0) is 17.1. The molecule has 0 unspecified atom stereocenters. The first-order chi connectivity index (χ1) is 11.6. The number of anilines is 1. The van der Waals surface area contributed by atoms with Gasteiger partial charge in [-0.05, 0) is 47.7 Å². The summed E-state index contributed by atoms with van der Waals surface area (Å²) < 4.78 is 18.0. The Morgan fingerprint density at radius 1 is 1.25 bits per heavy atom. The highest BCUT2D eigenvalue weighted by Crippen LogP contribution is 2.27. The van der Waals surface area contributed by atoms with E-state index in [-0.39, 0.29) is 11.6 Å². The van der Waals surface area contributed by atoms with Crippen LogP contribution in [0, 0.1) is 5.82 Å². The third kappa shape index (κ3) is 3.33. The molecule has 0 aliphatic heterocycles. The van der Waals surface area contributed by atoms with E-state index >= 15 is 0 Å². The van der Waals surface area contributed by atoms with E-state index in [1.54, 1.807) is 18.2 Å². The zero-order valence-electron chi connectivity index (χ0n) is 12.4. The molecular formula is C15H11ClFN5O2. The number of nitrogens with zero attached hydrogens (tertiary/aromatic N) is 4. The van der Waals surface area contributed by atoms with Crippen LogP contribution in [0.1, 0.15) is 10.6 Å². The Balaban J connectivity index is 1.76. The topological polar surface area (TPSA) is 81.9 Å². The Hall–Kier alpha value is -3.00. The van der Waals surface area contributed by atoms with Crippen molar-refractivity contribution in [2.75, 3.05) is 12.4 Å². The highest BCUT2D eigenvalue weighted by molar-refractivity contribution is 6.32. The summed E-state index contributed by atoms with van der Waals surface area (Å²) in [6.45, 7) is 0. The number of hydrogen-bond acceptors (Lipinski definition) is 5. The number of ether oxygens (including phenoxy) is 1. The number of amides is 1. The standard InChI is InChI=1S/C15H11ClFN5O2/c1-24-13-7-4-10(8-12(13)16)18-15(23)14-19-21-22(20-14)11-5-2-9(17)3-6-11/h2-8H,1H3,(H,18,23). The van der Waals surface area contributed by atoms with Crippen molar-refractivity contribution in [1.82, 2.24) is 20.2 Å². The second-order valence-electron chi connectivity index (χ2n) is 4.68. The molecule has 0 atom stereocenters. The zero-order valence-corrected chi connectivity index (χ0v) is 13.2. The number of nitrogens with one attached hydrogen (secondary N) is 1. The number of hydrogen-bond donors (Lipinski definition) is 1. The first-order valence-corrected chi connectivity index (χ1v) is 7.15.